The molecular weight excluding hydrogens is 254 g/mol. The number of nitrogens with one attached hydrogen (secondary N) is 2. The summed E-state index contributed by atoms with van der Waals surface area (Å²) in [4.78, 5) is 14.8. The van der Waals surface area contributed by atoms with Gasteiger partial charge >= 0.3 is 0 Å². The van der Waals surface area contributed by atoms with E-state index >= 15 is 0 Å². The number of piperidine rings is 2. The van der Waals surface area contributed by atoms with Crippen LogP contribution < -0.4 is 10.6 Å². The molecule has 0 aromatic carbocycles. The number of rotatable bonds is 2. The highest BCUT2D eigenvalue weighted by molar-refractivity contribution is 5.81. The number of fused-ring (bicyclic) bond motifs is 2. The summed E-state index contributed by atoms with van der Waals surface area (Å²) in [5.74, 6) is 0.0664. The molecule has 2 bridgehead atoms. The van der Waals surface area contributed by atoms with Crippen LogP contribution in [0.15, 0.2) is 0 Å². The molecule has 114 valence electrons. The van der Waals surface area contributed by atoms with Gasteiger partial charge in [0.2, 0.25) is 0 Å². The summed E-state index contributed by atoms with van der Waals surface area (Å²) < 4.78 is 5.72. The summed E-state index contributed by atoms with van der Waals surface area (Å²) in [5, 5.41) is 6.48. The van der Waals surface area contributed by atoms with Crippen LogP contribution in [0, 0.1) is 0 Å². The van der Waals surface area contributed by atoms with E-state index in [1.54, 1.807) is 0 Å². The first-order valence-corrected chi connectivity index (χ1v) is 8.02. The van der Waals surface area contributed by atoms with Crippen molar-refractivity contribution >= 4 is 5.91 Å². The molecule has 0 aliphatic carbocycles. The molecule has 3 heterocycles. The van der Waals surface area contributed by atoms with Crippen LogP contribution in [0.5, 0.6) is 0 Å². The van der Waals surface area contributed by atoms with Crippen molar-refractivity contribution in [2.75, 3.05) is 20.1 Å². The SMILES string of the molecule is CC1CNCC(C(=O)NC2CC3CCCC(C2)N3C)O1. The molecule has 0 aromatic rings. The number of morpholine rings is 1. The Bertz CT molecular complexity index is 349. The van der Waals surface area contributed by atoms with E-state index in [-0.39, 0.29) is 18.1 Å². The molecule has 2 N–H and O–H groups in total. The molecule has 3 saturated heterocycles. The van der Waals surface area contributed by atoms with Crippen LogP contribution in [-0.2, 0) is 9.53 Å². The third-order valence-electron chi connectivity index (χ3n) is 5.14. The number of hydrogen-bond acceptors (Lipinski definition) is 4. The Balaban J connectivity index is 1.54. The maximum atomic E-state index is 12.3. The summed E-state index contributed by atoms with van der Waals surface area (Å²) in [6, 6.07) is 1.63. The average molecular weight is 281 g/mol. The van der Waals surface area contributed by atoms with E-state index < -0.39 is 0 Å². The minimum Gasteiger partial charge on any atom is -0.363 e. The third kappa shape index (κ3) is 3.00. The van der Waals surface area contributed by atoms with Gasteiger partial charge in [-0.3, -0.25) is 4.79 Å². The number of hydrogen-bond donors (Lipinski definition) is 2. The molecule has 3 fully saturated rings. The number of carbonyl (C=O) groups excluding carboxylic acids is 1. The highest BCUT2D eigenvalue weighted by Crippen LogP contribution is 2.32. The second kappa shape index (κ2) is 6.00. The Morgan fingerprint density at radius 3 is 2.60 bits per heavy atom. The van der Waals surface area contributed by atoms with E-state index in [1.165, 1.54) is 19.3 Å². The monoisotopic (exact) mass is 281 g/mol. The molecule has 5 nitrogen and oxygen atoms in total. The zero-order valence-corrected chi connectivity index (χ0v) is 12.6. The quantitative estimate of drug-likeness (QED) is 0.774. The molecule has 0 saturated carbocycles. The molecule has 0 spiro atoms. The van der Waals surface area contributed by atoms with Gasteiger partial charge < -0.3 is 20.3 Å². The van der Waals surface area contributed by atoms with Crippen molar-refractivity contribution in [3.8, 4) is 0 Å². The molecule has 0 aromatic heterocycles. The van der Waals surface area contributed by atoms with E-state index in [4.69, 9.17) is 4.74 Å². The van der Waals surface area contributed by atoms with Crippen molar-refractivity contribution < 1.29 is 9.53 Å². The molecule has 3 rings (SSSR count). The predicted molar refractivity (Wildman–Crippen MR) is 77.6 cm³/mol. The van der Waals surface area contributed by atoms with Crippen molar-refractivity contribution in [1.82, 2.24) is 15.5 Å². The van der Waals surface area contributed by atoms with Crippen molar-refractivity contribution in [3.05, 3.63) is 0 Å². The maximum Gasteiger partial charge on any atom is 0.250 e. The van der Waals surface area contributed by atoms with E-state index in [1.807, 2.05) is 6.92 Å². The summed E-state index contributed by atoms with van der Waals surface area (Å²) in [5.41, 5.74) is 0. The van der Waals surface area contributed by atoms with Crippen LogP contribution in [0.3, 0.4) is 0 Å². The Hall–Kier alpha value is -0.650. The van der Waals surface area contributed by atoms with Gasteiger partial charge in [0.05, 0.1) is 6.10 Å². The lowest BCUT2D eigenvalue weighted by molar-refractivity contribution is -0.140. The van der Waals surface area contributed by atoms with Crippen molar-refractivity contribution in [1.29, 1.82) is 0 Å². The van der Waals surface area contributed by atoms with Gasteiger partial charge in [0.25, 0.3) is 5.91 Å². The summed E-state index contributed by atoms with van der Waals surface area (Å²) in [7, 11) is 2.24. The fraction of sp³-hybridized carbons (Fsp3) is 0.933. The summed E-state index contributed by atoms with van der Waals surface area (Å²) in [6.07, 6.45) is 5.88. The highest BCUT2D eigenvalue weighted by Gasteiger charge is 2.37. The van der Waals surface area contributed by atoms with Crippen molar-refractivity contribution in [2.24, 2.45) is 0 Å². The van der Waals surface area contributed by atoms with Crippen LogP contribution in [0.2, 0.25) is 0 Å². The molecular formula is C15H27N3O2. The zero-order valence-electron chi connectivity index (χ0n) is 12.6. The molecule has 5 heteroatoms. The maximum absolute atomic E-state index is 12.3. The van der Waals surface area contributed by atoms with Gasteiger partial charge in [-0.2, -0.15) is 0 Å². The minimum atomic E-state index is -0.321. The summed E-state index contributed by atoms with van der Waals surface area (Å²) >= 11 is 0. The largest absolute Gasteiger partial charge is 0.363 e. The highest BCUT2D eigenvalue weighted by atomic mass is 16.5. The van der Waals surface area contributed by atoms with Crippen LogP contribution >= 0.6 is 0 Å². The standard InChI is InChI=1S/C15H27N3O2/c1-10-8-16-9-14(20-10)15(19)17-11-6-12-4-3-5-13(7-11)18(12)2/h10-14,16H,3-9H2,1-2H3,(H,17,19). The Morgan fingerprint density at radius 2 is 1.95 bits per heavy atom. The average Bonchev–Trinajstić information content (AvgIpc) is 2.40. The van der Waals surface area contributed by atoms with Crippen LogP contribution in [0.4, 0.5) is 0 Å². The van der Waals surface area contributed by atoms with E-state index in [9.17, 15) is 4.79 Å². The van der Waals surface area contributed by atoms with Gasteiger partial charge in [-0.15, -0.1) is 0 Å². The summed E-state index contributed by atoms with van der Waals surface area (Å²) in [6.45, 7) is 3.48. The first-order chi connectivity index (χ1) is 9.63. The molecule has 3 aliphatic rings. The number of carbonyl (C=O) groups is 1. The molecule has 4 unspecified atom stereocenters. The minimum absolute atomic E-state index is 0.0664. The molecule has 4 atom stereocenters. The van der Waals surface area contributed by atoms with E-state index in [2.05, 4.69) is 22.6 Å². The lowest BCUT2D eigenvalue weighted by Crippen LogP contribution is -2.58. The van der Waals surface area contributed by atoms with Crippen molar-refractivity contribution in [3.63, 3.8) is 0 Å². The van der Waals surface area contributed by atoms with Gasteiger partial charge in [0.15, 0.2) is 0 Å². The second-order valence-corrected chi connectivity index (χ2v) is 6.67. The number of amides is 1. The molecule has 1 amide bonds. The van der Waals surface area contributed by atoms with E-state index in [0.717, 1.165) is 19.4 Å². The topological polar surface area (TPSA) is 53.6 Å². The molecule has 0 radical (unpaired) electrons. The van der Waals surface area contributed by atoms with E-state index in [0.29, 0.717) is 24.7 Å². The first-order valence-electron chi connectivity index (χ1n) is 8.02. The fourth-order valence-corrected chi connectivity index (χ4v) is 3.98. The van der Waals surface area contributed by atoms with Crippen LogP contribution in [0.1, 0.15) is 39.0 Å². The Kier molecular flexibility index (Phi) is 4.29. The fourth-order valence-electron chi connectivity index (χ4n) is 3.98. The molecule has 20 heavy (non-hydrogen) atoms. The predicted octanol–water partition coefficient (Wildman–Crippen LogP) is 0.495. The Labute approximate surface area is 121 Å². The number of nitrogens with zero attached hydrogens (tertiary/aromatic N) is 1. The van der Waals surface area contributed by atoms with Gasteiger partial charge in [-0.25, -0.2) is 0 Å². The van der Waals surface area contributed by atoms with Crippen LogP contribution in [-0.4, -0.2) is 61.3 Å². The number of ether oxygens (including phenoxy) is 1. The lowest BCUT2D eigenvalue weighted by Gasteiger charge is -2.47. The van der Waals surface area contributed by atoms with Crippen molar-refractivity contribution in [2.45, 2.75) is 69.4 Å². The second-order valence-electron chi connectivity index (χ2n) is 6.67. The van der Waals surface area contributed by atoms with Gasteiger partial charge in [0, 0.05) is 31.2 Å². The first kappa shape index (κ1) is 14.3. The zero-order chi connectivity index (χ0) is 14.1. The van der Waals surface area contributed by atoms with Gasteiger partial charge in [0.1, 0.15) is 6.10 Å². The normalized spacial score (nSPS) is 42.2. The lowest BCUT2D eigenvalue weighted by atomic mass is 9.82. The Morgan fingerprint density at radius 1 is 1.25 bits per heavy atom. The third-order valence-corrected chi connectivity index (χ3v) is 5.14. The smallest absolute Gasteiger partial charge is 0.250 e. The van der Waals surface area contributed by atoms with Gasteiger partial charge in [-0.1, -0.05) is 6.42 Å². The van der Waals surface area contributed by atoms with Gasteiger partial charge in [-0.05, 0) is 39.7 Å². The molecule has 3 aliphatic heterocycles. The van der Waals surface area contributed by atoms with Crippen LogP contribution in [0.25, 0.3) is 0 Å².